The second-order valence-electron chi connectivity index (χ2n) is 5.46. The third kappa shape index (κ3) is 5.50. The molecule has 10 heteroatoms. The van der Waals surface area contributed by atoms with Gasteiger partial charge in [-0.1, -0.05) is 30.3 Å². The first kappa shape index (κ1) is 20.3. The minimum atomic E-state index is -4.03. The number of hydrogen-bond donors (Lipinski definition) is 2. The lowest BCUT2D eigenvalue weighted by molar-refractivity contribution is -0.387. The van der Waals surface area contributed by atoms with Crippen molar-refractivity contribution in [2.45, 2.75) is 11.3 Å². The lowest BCUT2D eigenvalue weighted by Crippen LogP contribution is -2.27. The molecule has 0 bridgehead atoms. The van der Waals surface area contributed by atoms with Crippen molar-refractivity contribution in [3.63, 3.8) is 0 Å². The Morgan fingerprint density at radius 3 is 2.52 bits per heavy atom. The van der Waals surface area contributed by atoms with Gasteiger partial charge >= 0.3 is 5.97 Å². The molecule has 0 aliphatic carbocycles. The first-order chi connectivity index (χ1) is 12.8. The van der Waals surface area contributed by atoms with Crippen molar-refractivity contribution in [1.82, 2.24) is 4.72 Å². The summed E-state index contributed by atoms with van der Waals surface area (Å²) in [6.45, 7) is 0.0146. The Bertz CT molecular complexity index is 930. The van der Waals surface area contributed by atoms with Crippen LogP contribution in [-0.2, 0) is 26.0 Å². The van der Waals surface area contributed by atoms with Crippen molar-refractivity contribution in [1.29, 1.82) is 0 Å². The summed E-state index contributed by atoms with van der Waals surface area (Å²) in [6.07, 6.45) is 0.324. The van der Waals surface area contributed by atoms with E-state index in [9.17, 15) is 23.3 Å². The molecule has 2 aromatic carbocycles. The Kier molecular flexibility index (Phi) is 6.85. The van der Waals surface area contributed by atoms with Gasteiger partial charge in [0.2, 0.25) is 10.0 Å². The minimum Gasteiger partial charge on any atom is -0.468 e. The summed E-state index contributed by atoms with van der Waals surface area (Å²) in [4.78, 5) is 21.2. The molecule has 0 unspecified atom stereocenters. The topological polar surface area (TPSA) is 128 Å². The molecule has 0 amide bonds. The van der Waals surface area contributed by atoms with Crippen LogP contribution < -0.4 is 10.0 Å². The van der Waals surface area contributed by atoms with Gasteiger partial charge in [0, 0.05) is 18.3 Å². The van der Waals surface area contributed by atoms with Gasteiger partial charge in [0.25, 0.3) is 5.69 Å². The fourth-order valence-corrected chi connectivity index (χ4v) is 3.59. The molecule has 2 rings (SSSR count). The molecule has 0 heterocycles. The number of esters is 1. The highest BCUT2D eigenvalue weighted by atomic mass is 32.2. The van der Waals surface area contributed by atoms with Crippen molar-refractivity contribution in [3.05, 3.63) is 64.2 Å². The van der Waals surface area contributed by atoms with E-state index in [1.54, 1.807) is 24.3 Å². The molecule has 0 radical (unpaired) electrons. The van der Waals surface area contributed by atoms with Gasteiger partial charge in [-0.05, 0) is 24.1 Å². The van der Waals surface area contributed by atoms with Crippen LogP contribution in [0.5, 0.6) is 0 Å². The second kappa shape index (κ2) is 9.10. The van der Waals surface area contributed by atoms with Crippen molar-refractivity contribution < 1.29 is 22.9 Å². The monoisotopic (exact) mass is 393 g/mol. The third-order valence-electron chi connectivity index (χ3n) is 3.71. The Morgan fingerprint density at radius 1 is 1.15 bits per heavy atom. The van der Waals surface area contributed by atoms with E-state index in [0.717, 1.165) is 11.6 Å². The molecule has 27 heavy (non-hydrogen) atoms. The highest BCUT2D eigenvalue weighted by Crippen LogP contribution is 2.22. The number of benzene rings is 2. The lowest BCUT2D eigenvalue weighted by Gasteiger charge is -2.12. The average Bonchev–Trinajstić information content (AvgIpc) is 2.66. The molecule has 0 saturated heterocycles. The summed E-state index contributed by atoms with van der Waals surface area (Å²) in [7, 11) is -2.75. The molecular formula is C17H19N3O6S. The van der Waals surface area contributed by atoms with E-state index >= 15 is 0 Å². The fourth-order valence-electron chi connectivity index (χ4n) is 2.38. The largest absolute Gasteiger partial charge is 0.468 e. The molecule has 0 spiro atoms. The summed E-state index contributed by atoms with van der Waals surface area (Å²) >= 11 is 0. The van der Waals surface area contributed by atoms with Crippen molar-refractivity contribution in [3.8, 4) is 0 Å². The molecule has 0 fully saturated rings. The number of anilines is 1. The second-order valence-corrected chi connectivity index (χ2v) is 7.19. The predicted octanol–water partition coefficient (Wildman–Crippen LogP) is 1.70. The van der Waals surface area contributed by atoms with Crippen LogP contribution >= 0.6 is 0 Å². The lowest BCUT2D eigenvalue weighted by atomic mass is 10.1. The molecule has 0 aliphatic rings. The van der Waals surface area contributed by atoms with Gasteiger partial charge < -0.3 is 10.1 Å². The summed E-state index contributed by atoms with van der Waals surface area (Å²) in [5, 5.41) is 14.0. The summed E-state index contributed by atoms with van der Waals surface area (Å²) in [5.41, 5.74) is 0.976. The number of sulfonamides is 1. The van der Waals surface area contributed by atoms with Crippen LogP contribution in [0.2, 0.25) is 0 Å². The highest BCUT2D eigenvalue weighted by molar-refractivity contribution is 7.89. The van der Waals surface area contributed by atoms with E-state index in [4.69, 9.17) is 0 Å². The number of hydrogen-bond acceptors (Lipinski definition) is 7. The van der Waals surface area contributed by atoms with E-state index in [1.807, 2.05) is 0 Å². The number of nitrogens with one attached hydrogen (secondary N) is 2. The minimum absolute atomic E-state index is 0.0184. The first-order valence-electron chi connectivity index (χ1n) is 7.97. The first-order valence-corrected chi connectivity index (χ1v) is 9.45. The van der Waals surface area contributed by atoms with Crippen molar-refractivity contribution in [2.24, 2.45) is 0 Å². The average molecular weight is 393 g/mol. The van der Waals surface area contributed by atoms with Crippen molar-refractivity contribution in [2.75, 3.05) is 25.5 Å². The number of nitrogens with zero attached hydrogens (tertiary/aromatic N) is 1. The van der Waals surface area contributed by atoms with Gasteiger partial charge in [-0.3, -0.25) is 14.9 Å². The molecule has 144 valence electrons. The summed E-state index contributed by atoms with van der Waals surface area (Å²) in [5.74, 6) is -0.429. The Balaban J connectivity index is 2.06. The number of carbonyl (C=O) groups excluding carboxylic acids is 1. The Hall–Kier alpha value is -2.98. The van der Waals surface area contributed by atoms with E-state index in [0.29, 0.717) is 12.1 Å². The van der Waals surface area contributed by atoms with Gasteiger partial charge in [-0.2, -0.15) is 0 Å². The molecule has 0 aliphatic heterocycles. The quantitative estimate of drug-likeness (QED) is 0.377. The van der Waals surface area contributed by atoms with Crippen LogP contribution in [0.1, 0.15) is 5.56 Å². The number of ether oxygens (including phenoxy) is 1. The molecular weight excluding hydrogens is 374 g/mol. The van der Waals surface area contributed by atoms with Gasteiger partial charge in [0.05, 0.1) is 12.0 Å². The van der Waals surface area contributed by atoms with Crippen LogP contribution in [0.4, 0.5) is 11.4 Å². The molecule has 2 aromatic rings. The molecule has 0 atom stereocenters. The fraction of sp³-hybridized carbons (Fsp3) is 0.235. The zero-order chi connectivity index (χ0) is 19.9. The summed E-state index contributed by atoms with van der Waals surface area (Å²) in [6, 6.07) is 12.3. The Labute approximate surface area is 156 Å². The van der Waals surface area contributed by atoms with Crippen LogP contribution in [-0.4, -0.2) is 39.5 Å². The van der Waals surface area contributed by atoms with Gasteiger partial charge in [-0.25, -0.2) is 13.1 Å². The molecule has 0 saturated carbocycles. The van der Waals surface area contributed by atoms with E-state index in [1.165, 1.54) is 25.3 Å². The van der Waals surface area contributed by atoms with Crippen LogP contribution in [0.15, 0.2) is 53.4 Å². The Morgan fingerprint density at radius 2 is 1.81 bits per heavy atom. The maximum Gasteiger partial charge on any atom is 0.325 e. The zero-order valence-corrected chi connectivity index (χ0v) is 15.4. The third-order valence-corrected chi connectivity index (χ3v) is 5.21. The number of methoxy groups -OCH3 is 1. The molecule has 0 aromatic heterocycles. The van der Waals surface area contributed by atoms with Crippen molar-refractivity contribution >= 4 is 27.4 Å². The van der Waals surface area contributed by atoms with E-state index < -0.39 is 26.6 Å². The number of para-hydroxylation sites is 2. The maximum atomic E-state index is 12.4. The highest BCUT2D eigenvalue weighted by Gasteiger charge is 2.24. The molecule has 9 nitrogen and oxygen atoms in total. The van der Waals surface area contributed by atoms with Gasteiger partial charge in [0.1, 0.15) is 6.54 Å². The smallest absolute Gasteiger partial charge is 0.325 e. The van der Waals surface area contributed by atoms with Gasteiger partial charge in [0.15, 0.2) is 4.90 Å². The number of rotatable bonds is 9. The SMILES string of the molecule is COC(=O)CNc1ccccc1CCNS(=O)(=O)c1ccccc1[N+](=O)[O-]. The van der Waals surface area contributed by atoms with Gasteiger partial charge in [-0.15, -0.1) is 0 Å². The van der Waals surface area contributed by atoms with E-state index in [-0.39, 0.29) is 18.0 Å². The van der Waals surface area contributed by atoms with Crippen LogP contribution in [0.25, 0.3) is 0 Å². The predicted molar refractivity (Wildman–Crippen MR) is 98.9 cm³/mol. The number of nitro benzene ring substituents is 1. The van der Waals surface area contributed by atoms with E-state index in [2.05, 4.69) is 14.8 Å². The summed E-state index contributed by atoms with van der Waals surface area (Å²) < 4.78 is 31.7. The number of carbonyl (C=O) groups is 1. The maximum absolute atomic E-state index is 12.4. The van der Waals surface area contributed by atoms with Crippen LogP contribution in [0, 0.1) is 10.1 Å². The van der Waals surface area contributed by atoms with Crippen LogP contribution in [0.3, 0.4) is 0 Å². The molecule has 2 N–H and O–H groups in total. The zero-order valence-electron chi connectivity index (χ0n) is 14.5. The standard InChI is InChI=1S/C17H19N3O6S/c1-26-17(21)12-18-14-7-3-2-6-13(14)10-11-19-27(24,25)16-9-5-4-8-15(16)20(22)23/h2-9,18-19H,10-12H2,1H3. The normalized spacial score (nSPS) is 11.0. The number of nitro groups is 1.